The van der Waals surface area contributed by atoms with Gasteiger partial charge in [0.1, 0.15) is 6.07 Å². The first-order chi connectivity index (χ1) is 7.67. The van der Waals surface area contributed by atoms with Crippen molar-refractivity contribution in [1.82, 2.24) is 4.98 Å². The maximum atomic E-state index is 8.93. The van der Waals surface area contributed by atoms with Crippen molar-refractivity contribution in [2.75, 3.05) is 5.43 Å². The average Bonchev–Trinajstić information content (AvgIpc) is 2.27. The number of pyridine rings is 1. The molecule has 0 bridgehead atoms. The summed E-state index contributed by atoms with van der Waals surface area (Å²) >= 11 is 8.21. The highest BCUT2D eigenvalue weighted by Gasteiger charge is 2.10. The minimum atomic E-state index is 0.396. The van der Waals surface area contributed by atoms with Crippen molar-refractivity contribution >= 4 is 50.8 Å². The summed E-state index contributed by atoms with van der Waals surface area (Å²) in [5.74, 6) is 5.42. The summed E-state index contributed by atoms with van der Waals surface area (Å²) in [4.78, 5) is 4.15. The number of halogens is 2. The lowest BCUT2D eigenvalue weighted by atomic mass is 10.1. The van der Waals surface area contributed by atoms with E-state index in [-0.39, 0.29) is 0 Å². The van der Waals surface area contributed by atoms with Gasteiger partial charge in [-0.15, -0.1) is 0 Å². The minimum absolute atomic E-state index is 0.396. The highest BCUT2D eigenvalue weighted by molar-refractivity contribution is 14.1. The van der Waals surface area contributed by atoms with Crippen LogP contribution in [0.5, 0.6) is 0 Å². The Hall–Kier alpha value is -1.10. The normalized spacial score (nSPS) is 10.1. The first-order valence-corrected chi connectivity index (χ1v) is 5.77. The number of nitrogens with zero attached hydrogens (tertiary/aromatic N) is 2. The van der Waals surface area contributed by atoms with Gasteiger partial charge in [-0.1, -0.05) is 11.6 Å². The molecule has 0 atom stereocenters. The summed E-state index contributed by atoms with van der Waals surface area (Å²) in [5.41, 5.74) is 4.10. The Labute approximate surface area is 111 Å². The van der Waals surface area contributed by atoms with E-state index in [0.717, 1.165) is 8.96 Å². The Balaban J connectivity index is 2.93. The topological polar surface area (TPSA) is 74.7 Å². The average molecular weight is 345 g/mol. The number of rotatable bonds is 1. The monoisotopic (exact) mass is 344 g/mol. The molecule has 0 fully saturated rings. The largest absolute Gasteiger partial charge is 0.322 e. The summed E-state index contributed by atoms with van der Waals surface area (Å²) in [5, 5.41) is 10.2. The van der Waals surface area contributed by atoms with Gasteiger partial charge in [0.05, 0.1) is 21.8 Å². The molecule has 0 radical (unpaired) electrons. The van der Waals surface area contributed by atoms with Crippen LogP contribution >= 0.6 is 34.2 Å². The molecule has 0 unspecified atom stereocenters. The Kier molecular flexibility index (Phi) is 3.14. The molecule has 2 rings (SSSR count). The van der Waals surface area contributed by atoms with Crippen LogP contribution in [-0.4, -0.2) is 4.98 Å². The smallest absolute Gasteiger partial charge is 0.103 e. The van der Waals surface area contributed by atoms with E-state index in [9.17, 15) is 0 Å². The number of nitrogens with two attached hydrogens (primary N) is 1. The van der Waals surface area contributed by atoms with Crippen molar-refractivity contribution in [3.05, 3.63) is 32.5 Å². The Morgan fingerprint density at radius 3 is 2.88 bits per heavy atom. The van der Waals surface area contributed by atoms with Crippen LogP contribution in [0.15, 0.2) is 18.3 Å². The molecule has 0 aliphatic carbocycles. The summed E-state index contributed by atoms with van der Waals surface area (Å²) in [7, 11) is 0. The standard InChI is InChI=1S/C10H6ClIN4/c11-8-2-6(12)1-7-9(16-14)5(3-13)4-15-10(7)8/h1-2,4H,14H2,(H,15,16). The molecule has 16 heavy (non-hydrogen) atoms. The molecule has 80 valence electrons. The molecule has 0 saturated heterocycles. The van der Waals surface area contributed by atoms with Crippen molar-refractivity contribution in [1.29, 1.82) is 5.26 Å². The van der Waals surface area contributed by atoms with E-state index in [1.807, 2.05) is 18.2 Å². The van der Waals surface area contributed by atoms with E-state index < -0.39 is 0 Å². The Morgan fingerprint density at radius 1 is 1.50 bits per heavy atom. The zero-order valence-electron chi connectivity index (χ0n) is 7.96. The number of benzene rings is 1. The van der Waals surface area contributed by atoms with Crippen LogP contribution in [0.1, 0.15) is 5.56 Å². The lowest BCUT2D eigenvalue weighted by Gasteiger charge is -2.08. The van der Waals surface area contributed by atoms with E-state index in [4.69, 9.17) is 22.7 Å². The molecular formula is C10H6ClIN4. The fraction of sp³-hybridized carbons (Fsp3) is 0. The molecule has 3 N–H and O–H groups in total. The SMILES string of the molecule is N#Cc1cnc2c(Cl)cc(I)cc2c1NN. The van der Waals surface area contributed by atoms with Crippen LogP contribution in [0.25, 0.3) is 10.9 Å². The Bertz CT molecular complexity index is 606. The molecule has 0 aliphatic heterocycles. The fourth-order valence-corrected chi connectivity index (χ4v) is 2.54. The van der Waals surface area contributed by atoms with E-state index in [1.165, 1.54) is 6.20 Å². The van der Waals surface area contributed by atoms with Gasteiger partial charge in [-0.2, -0.15) is 5.26 Å². The van der Waals surface area contributed by atoms with Crippen molar-refractivity contribution < 1.29 is 0 Å². The third-order valence-corrected chi connectivity index (χ3v) is 3.07. The molecule has 4 nitrogen and oxygen atoms in total. The number of hydrazine groups is 1. The number of nitriles is 1. The summed E-state index contributed by atoms with van der Waals surface area (Å²) < 4.78 is 0.962. The molecule has 0 spiro atoms. The number of anilines is 1. The molecule has 2 aromatic rings. The van der Waals surface area contributed by atoms with Gasteiger partial charge >= 0.3 is 0 Å². The predicted molar refractivity (Wildman–Crippen MR) is 72.0 cm³/mol. The number of nitrogens with one attached hydrogen (secondary N) is 1. The van der Waals surface area contributed by atoms with Gasteiger partial charge < -0.3 is 5.43 Å². The highest BCUT2D eigenvalue weighted by Crippen LogP contribution is 2.31. The van der Waals surface area contributed by atoms with Crippen molar-refractivity contribution in [2.24, 2.45) is 5.84 Å². The minimum Gasteiger partial charge on any atom is -0.322 e. The summed E-state index contributed by atoms with van der Waals surface area (Å²) in [6.07, 6.45) is 1.45. The lowest BCUT2D eigenvalue weighted by Crippen LogP contribution is -2.09. The summed E-state index contributed by atoms with van der Waals surface area (Å²) in [6.45, 7) is 0. The van der Waals surface area contributed by atoms with Crippen molar-refractivity contribution in [2.45, 2.75) is 0 Å². The van der Waals surface area contributed by atoms with E-state index in [0.29, 0.717) is 21.8 Å². The van der Waals surface area contributed by atoms with Crippen LogP contribution in [-0.2, 0) is 0 Å². The van der Waals surface area contributed by atoms with Gasteiger partial charge in [-0.25, -0.2) is 0 Å². The van der Waals surface area contributed by atoms with Crippen LogP contribution in [0, 0.1) is 14.9 Å². The molecule has 1 heterocycles. The maximum absolute atomic E-state index is 8.93. The third-order valence-electron chi connectivity index (χ3n) is 2.15. The highest BCUT2D eigenvalue weighted by atomic mass is 127. The lowest BCUT2D eigenvalue weighted by molar-refractivity contribution is 1.31. The number of hydrogen-bond donors (Lipinski definition) is 2. The molecule has 0 aliphatic rings. The molecule has 0 amide bonds. The van der Waals surface area contributed by atoms with Crippen LogP contribution in [0.3, 0.4) is 0 Å². The Morgan fingerprint density at radius 2 is 2.25 bits per heavy atom. The number of hydrogen-bond acceptors (Lipinski definition) is 4. The van der Waals surface area contributed by atoms with Gasteiger partial charge in [0.2, 0.25) is 0 Å². The zero-order valence-corrected chi connectivity index (χ0v) is 10.9. The van der Waals surface area contributed by atoms with E-state index in [2.05, 4.69) is 33.0 Å². The van der Waals surface area contributed by atoms with E-state index >= 15 is 0 Å². The van der Waals surface area contributed by atoms with Crippen LogP contribution in [0.4, 0.5) is 5.69 Å². The molecule has 0 saturated carbocycles. The van der Waals surface area contributed by atoms with Crippen LogP contribution < -0.4 is 11.3 Å². The number of aromatic nitrogens is 1. The fourth-order valence-electron chi connectivity index (χ4n) is 1.47. The number of nitrogen functional groups attached to an aromatic ring is 1. The van der Waals surface area contributed by atoms with Crippen LogP contribution in [0.2, 0.25) is 5.02 Å². The quantitative estimate of drug-likeness (QED) is 0.474. The second-order valence-corrected chi connectivity index (χ2v) is 4.74. The second kappa shape index (κ2) is 4.41. The first kappa shape index (κ1) is 11.4. The summed E-state index contributed by atoms with van der Waals surface area (Å²) in [6, 6.07) is 5.72. The second-order valence-electron chi connectivity index (χ2n) is 3.09. The van der Waals surface area contributed by atoms with Crippen molar-refractivity contribution in [3.8, 4) is 6.07 Å². The van der Waals surface area contributed by atoms with E-state index in [1.54, 1.807) is 0 Å². The van der Waals surface area contributed by atoms with Gasteiger partial charge in [0, 0.05) is 15.2 Å². The maximum Gasteiger partial charge on any atom is 0.103 e. The van der Waals surface area contributed by atoms with Crippen molar-refractivity contribution in [3.63, 3.8) is 0 Å². The van der Waals surface area contributed by atoms with Gasteiger partial charge in [-0.05, 0) is 34.7 Å². The molecule has 6 heteroatoms. The number of fused-ring (bicyclic) bond motifs is 1. The molecule has 1 aromatic heterocycles. The van der Waals surface area contributed by atoms with Gasteiger partial charge in [-0.3, -0.25) is 10.8 Å². The third kappa shape index (κ3) is 1.80. The first-order valence-electron chi connectivity index (χ1n) is 4.32. The molecule has 1 aromatic carbocycles. The molecular weight excluding hydrogens is 338 g/mol. The zero-order chi connectivity index (χ0) is 11.7. The van der Waals surface area contributed by atoms with Gasteiger partial charge in [0.15, 0.2) is 0 Å². The predicted octanol–water partition coefficient (Wildman–Crippen LogP) is 2.65. The van der Waals surface area contributed by atoms with Gasteiger partial charge in [0.25, 0.3) is 0 Å².